The van der Waals surface area contributed by atoms with Crippen LogP contribution in [0.2, 0.25) is 0 Å². The minimum absolute atomic E-state index is 0.0204. The highest BCUT2D eigenvalue weighted by Gasteiger charge is 2.28. The smallest absolute Gasteiger partial charge is 0.412 e. The van der Waals surface area contributed by atoms with Crippen LogP contribution in [-0.4, -0.2) is 33.4 Å². The number of esters is 1. The van der Waals surface area contributed by atoms with E-state index in [2.05, 4.69) is 14.7 Å². The predicted octanol–water partition coefficient (Wildman–Crippen LogP) is 4.40. The van der Waals surface area contributed by atoms with Gasteiger partial charge < -0.3 is 15.6 Å². The van der Waals surface area contributed by atoms with Crippen LogP contribution in [0.25, 0.3) is 11.3 Å². The van der Waals surface area contributed by atoms with Gasteiger partial charge in [0.05, 0.1) is 5.69 Å². The van der Waals surface area contributed by atoms with Crippen molar-refractivity contribution in [3.63, 3.8) is 0 Å². The van der Waals surface area contributed by atoms with E-state index >= 15 is 0 Å². The second kappa shape index (κ2) is 8.02. The van der Waals surface area contributed by atoms with E-state index in [1.807, 2.05) is 47.8 Å². The van der Waals surface area contributed by atoms with E-state index < -0.39 is 12.1 Å². The number of amides is 1. The van der Waals surface area contributed by atoms with E-state index in [9.17, 15) is 14.7 Å². The molecule has 1 amide bonds. The topological polar surface area (TPSA) is 115 Å². The van der Waals surface area contributed by atoms with Crippen molar-refractivity contribution in [2.45, 2.75) is 57.5 Å². The van der Waals surface area contributed by atoms with Crippen LogP contribution in [0.1, 0.15) is 63.0 Å². The molecular formula is C21H27N3O4S. The first-order valence-corrected chi connectivity index (χ1v) is 10.3. The molecule has 0 fully saturated rings. The highest BCUT2D eigenvalue weighted by Crippen LogP contribution is 2.42. The molecule has 0 aliphatic rings. The molecule has 1 aromatic heterocycles. The molecule has 2 aromatic rings. The van der Waals surface area contributed by atoms with Gasteiger partial charge in [-0.25, -0.2) is 19.6 Å². The van der Waals surface area contributed by atoms with Crippen molar-refractivity contribution in [2.75, 3.05) is 6.26 Å². The number of aromatic hydroxyl groups is 1. The summed E-state index contributed by atoms with van der Waals surface area (Å²) in [5.41, 5.74) is 6.67. The standard InChI is InChI=1S/C21H27N3O4S/c1-20(2,3)13-8-11(9-14(16(13)25)21(4,5)6)15-12(17(26)28-18(22)27)10-23-19(24-15)29-7/h8-10,25H,1-7H3,(H2,22,27). The normalized spacial score (nSPS) is 12.0. The van der Waals surface area contributed by atoms with E-state index in [0.29, 0.717) is 16.4 Å². The Kier molecular flexibility index (Phi) is 6.27. The molecule has 1 aromatic carbocycles. The lowest BCUT2D eigenvalue weighted by Gasteiger charge is -2.28. The third-order valence-corrected chi connectivity index (χ3v) is 4.92. The third-order valence-electron chi connectivity index (χ3n) is 4.36. The number of primary amides is 1. The number of hydrogen-bond acceptors (Lipinski definition) is 7. The molecule has 0 radical (unpaired) electrons. The lowest BCUT2D eigenvalue weighted by atomic mass is 9.78. The summed E-state index contributed by atoms with van der Waals surface area (Å²) in [6.07, 6.45) is 1.93. The first-order chi connectivity index (χ1) is 13.3. The Morgan fingerprint density at radius 1 is 1.07 bits per heavy atom. The number of carbonyl (C=O) groups is 2. The molecule has 0 saturated heterocycles. The molecule has 0 aliphatic heterocycles. The largest absolute Gasteiger partial charge is 0.507 e. The van der Waals surface area contributed by atoms with Crippen LogP contribution in [0.3, 0.4) is 0 Å². The molecule has 156 valence electrons. The Morgan fingerprint density at radius 2 is 1.59 bits per heavy atom. The fourth-order valence-electron chi connectivity index (χ4n) is 2.89. The number of rotatable bonds is 3. The van der Waals surface area contributed by atoms with Crippen molar-refractivity contribution in [1.82, 2.24) is 9.97 Å². The van der Waals surface area contributed by atoms with Gasteiger partial charge in [0.25, 0.3) is 0 Å². The van der Waals surface area contributed by atoms with E-state index in [1.165, 1.54) is 18.0 Å². The number of aromatic nitrogens is 2. The van der Waals surface area contributed by atoms with Gasteiger partial charge in [0.2, 0.25) is 0 Å². The Morgan fingerprint density at radius 3 is 2.00 bits per heavy atom. The molecule has 0 saturated carbocycles. The van der Waals surface area contributed by atoms with Gasteiger partial charge in [-0.15, -0.1) is 0 Å². The van der Waals surface area contributed by atoms with Gasteiger partial charge in [0.15, 0.2) is 5.16 Å². The zero-order valence-corrected chi connectivity index (χ0v) is 18.6. The van der Waals surface area contributed by atoms with Gasteiger partial charge in [-0.1, -0.05) is 53.3 Å². The maximum Gasteiger partial charge on any atom is 0.412 e. The molecule has 0 bridgehead atoms. The summed E-state index contributed by atoms with van der Waals surface area (Å²) >= 11 is 1.32. The number of nitrogens with two attached hydrogens (primary N) is 1. The zero-order valence-electron chi connectivity index (χ0n) is 17.8. The molecule has 2 rings (SSSR count). The summed E-state index contributed by atoms with van der Waals surface area (Å²) in [6, 6.07) is 3.61. The van der Waals surface area contributed by atoms with Crippen LogP contribution in [0, 0.1) is 0 Å². The first-order valence-electron chi connectivity index (χ1n) is 9.06. The van der Waals surface area contributed by atoms with Gasteiger partial charge in [-0.3, -0.25) is 0 Å². The summed E-state index contributed by atoms with van der Waals surface area (Å²) in [6.45, 7) is 12.0. The quantitative estimate of drug-likeness (QED) is 0.329. The molecule has 29 heavy (non-hydrogen) atoms. The Bertz CT molecular complexity index is 924. The molecule has 7 nitrogen and oxygen atoms in total. The van der Waals surface area contributed by atoms with Gasteiger partial charge in [0.1, 0.15) is 11.3 Å². The van der Waals surface area contributed by atoms with Crippen molar-refractivity contribution < 1.29 is 19.4 Å². The van der Waals surface area contributed by atoms with Gasteiger partial charge in [0, 0.05) is 22.9 Å². The average Bonchev–Trinajstić information content (AvgIpc) is 2.58. The second-order valence-corrected chi connectivity index (χ2v) is 9.52. The van der Waals surface area contributed by atoms with Crippen molar-refractivity contribution in [1.29, 1.82) is 0 Å². The molecule has 8 heteroatoms. The Balaban J connectivity index is 2.85. The lowest BCUT2D eigenvalue weighted by molar-refractivity contribution is 0.0638. The van der Waals surface area contributed by atoms with Crippen molar-refractivity contribution in [3.05, 3.63) is 35.0 Å². The van der Waals surface area contributed by atoms with E-state index in [1.54, 1.807) is 12.1 Å². The molecular weight excluding hydrogens is 390 g/mol. The number of hydrogen-bond donors (Lipinski definition) is 2. The minimum Gasteiger partial charge on any atom is -0.507 e. The van der Waals surface area contributed by atoms with Gasteiger partial charge in [-0.2, -0.15) is 0 Å². The number of carbonyl (C=O) groups excluding carboxylic acids is 2. The van der Waals surface area contributed by atoms with Crippen molar-refractivity contribution >= 4 is 23.8 Å². The van der Waals surface area contributed by atoms with Crippen molar-refractivity contribution in [3.8, 4) is 17.0 Å². The molecule has 0 atom stereocenters. The molecule has 0 aliphatic carbocycles. The van der Waals surface area contributed by atoms with Crippen LogP contribution in [0.5, 0.6) is 5.75 Å². The third kappa shape index (κ3) is 5.06. The summed E-state index contributed by atoms with van der Waals surface area (Å²) in [7, 11) is 0. The number of benzene rings is 1. The minimum atomic E-state index is -1.20. The van der Waals surface area contributed by atoms with Crippen LogP contribution in [0.15, 0.2) is 23.5 Å². The maximum absolute atomic E-state index is 12.4. The summed E-state index contributed by atoms with van der Waals surface area (Å²) < 4.78 is 4.55. The number of thioether (sulfide) groups is 1. The zero-order chi connectivity index (χ0) is 22.1. The van der Waals surface area contributed by atoms with Gasteiger partial charge in [-0.05, 0) is 29.2 Å². The molecule has 1 heterocycles. The second-order valence-electron chi connectivity index (χ2n) is 8.75. The van der Waals surface area contributed by atoms with Crippen molar-refractivity contribution in [2.24, 2.45) is 5.73 Å². The summed E-state index contributed by atoms with van der Waals surface area (Å²) in [5.74, 6) is -0.711. The number of nitrogens with zero attached hydrogens (tertiary/aromatic N) is 2. The fourth-order valence-corrected chi connectivity index (χ4v) is 3.24. The molecule has 0 spiro atoms. The molecule has 3 N–H and O–H groups in total. The average molecular weight is 418 g/mol. The first kappa shape index (κ1) is 22.7. The maximum atomic E-state index is 12.4. The van der Waals surface area contributed by atoms with E-state index in [-0.39, 0.29) is 22.1 Å². The highest BCUT2D eigenvalue weighted by atomic mass is 32.2. The summed E-state index contributed by atoms with van der Waals surface area (Å²) in [4.78, 5) is 32.1. The van der Waals surface area contributed by atoms with Crippen LogP contribution >= 0.6 is 11.8 Å². The number of ether oxygens (including phenoxy) is 1. The lowest BCUT2D eigenvalue weighted by Crippen LogP contribution is -2.20. The Labute approximate surface area is 175 Å². The van der Waals surface area contributed by atoms with Crippen LogP contribution in [-0.2, 0) is 15.6 Å². The SMILES string of the molecule is CSc1ncc(C(=O)OC(N)=O)c(-c2cc(C(C)(C)C)c(O)c(C(C)(C)C)c2)n1. The number of phenolic OH excluding ortho intramolecular Hbond substituents is 1. The predicted molar refractivity (Wildman–Crippen MR) is 113 cm³/mol. The van der Waals surface area contributed by atoms with Crippen LogP contribution < -0.4 is 5.73 Å². The summed E-state index contributed by atoms with van der Waals surface area (Å²) in [5, 5.41) is 11.4. The van der Waals surface area contributed by atoms with Crippen LogP contribution in [0.4, 0.5) is 4.79 Å². The highest BCUT2D eigenvalue weighted by molar-refractivity contribution is 7.98. The monoisotopic (exact) mass is 417 g/mol. The molecule has 0 unspecified atom stereocenters. The van der Waals surface area contributed by atoms with E-state index in [4.69, 9.17) is 5.73 Å². The Hall–Kier alpha value is -2.61. The van der Waals surface area contributed by atoms with E-state index in [0.717, 1.165) is 11.1 Å². The van der Waals surface area contributed by atoms with Gasteiger partial charge >= 0.3 is 12.1 Å². The fraction of sp³-hybridized carbons (Fsp3) is 0.429. The number of phenols is 1.